The number of anilines is 1. The first-order valence-corrected chi connectivity index (χ1v) is 7.61. The van der Waals surface area contributed by atoms with Crippen LogP contribution in [-0.4, -0.2) is 17.6 Å². The van der Waals surface area contributed by atoms with Gasteiger partial charge >= 0.3 is 0 Å². The van der Waals surface area contributed by atoms with Crippen LogP contribution in [0.1, 0.15) is 33.3 Å². The van der Waals surface area contributed by atoms with Crippen molar-refractivity contribution in [2.75, 3.05) is 11.9 Å². The molecule has 2 aromatic rings. The molecule has 0 saturated heterocycles. The largest absolute Gasteiger partial charge is 0.384 e. The van der Waals surface area contributed by atoms with Crippen LogP contribution < -0.4 is 5.32 Å². The molecule has 0 spiro atoms. The first kappa shape index (κ1) is 15.3. The molecule has 1 aromatic heterocycles. The molecule has 0 aliphatic heterocycles. The first-order chi connectivity index (χ1) is 10.1. The zero-order valence-electron chi connectivity index (χ0n) is 12.1. The number of amides is 1. The summed E-state index contributed by atoms with van der Waals surface area (Å²) in [5, 5.41) is 13.6. The molecule has 0 unspecified atom stereocenters. The molecule has 21 heavy (non-hydrogen) atoms. The molecule has 0 aliphatic carbocycles. The summed E-state index contributed by atoms with van der Waals surface area (Å²) in [6.07, 6.45) is 0.841. The molecule has 108 valence electrons. The highest BCUT2D eigenvalue weighted by Crippen LogP contribution is 2.20. The van der Waals surface area contributed by atoms with Crippen LogP contribution in [0.5, 0.6) is 0 Å². The van der Waals surface area contributed by atoms with Gasteiger partial charge < -0.3 is 10.4 Å². The van der Waals surface area contributed by atoms with Gasteiger partial charge in [-0.05, 0) is 54.1 Å². The lowest BCUT2D eigenvalue weighted by molar-refractivity contribution is 0.103. The van der Waals surface area contributed by atoms with Crippen molar-refractivity contribution in [2.24, 2.45) is 0 Å². The van der Waals surface area contributed by atoms with Crippen molar-refractivity contribution in [2.45, 2.75) is 20.3 Å². The van der Waals surface area contributed by atoms with Crippen LogP contribution in [0.3, 0.4) is 0 Å². The number of thiophene rings is 1. The Hall–Kier alpha value is -2.09. The third kappa shape index (κ3) is 3.94. The Balaban J connectivity index is 2.23. The number of hydrogen-bond acceptors (Lipinski definition) is 3. The molecule has 0 fully saturated rings. The lowest BCUT2D eigenvalue weighted by atomic mass is 10.1. The molecule has 2 rings (SSSR count). The second-order valence-corrected chi connectivity index (χ2v) is 5.55. The average molecular weight is 299 g/mol. The number of benzene rings is 1. The predicted molar refractivity (Wildman–Crippen MR) is 86.8 cm³/mol. The van der Waals surface area contributed by atoms with Crippen molar-refractivity contribution < 1.29 is 9.90 Å². The molecule has 2 N–H and O–H groups in total. The predicted octanol–water partition coefficient (Wildman–Crippen LogP) is 3.22. The fourth-order valence-corrected chi connectivity index (χ4v) is 2.96. The van der Waals surface area contributed by atoms with Gasteiger partial charge in [0.1, 0.15) is 6.61 Å². The Morgan fingerprint density at radius 3 is 2.90 bits per heavy atom. The van der Waals surface area contributed by atoms with Crippen LogP contribution in [0, 0.1) is 18.8 Å². The maximum atomic E-state index is 12.3. The summed E-state index contributed by atoms with van der Waals surface area (Å²) >= 11 is 1.45. The van der Waals surface area contributed by atoms with Gasteiger partial charge in [0.15, 0.2) is 0 Å². The monoisotopic (exact) mass is 299 g/mol. The quantitative estimate of drug-likeness (QED) is 0.855. The summed E-state index contributed by atoms with van der Waals surface area (Å²) in [6, 6.07) is 7.61. The van der Waals surface area contributed by atoms with Crippen molar-refractivity contribution >= 4 is 22.9 Å². The SMILES string of the molecule is CCc1ccsc1C(=O)Nc1cc(C)cc(C#CCO)c1. The van der Waals surface area contributed by atoms with E-state index in [9.17, 15) is 4.79 Å². The zero-order chi connectivity index (χ0) is 15.2. The molecule has 0 radical (unpaired) electrons. The summed E-state index contributed by atoms with van der Waals surface area (Å²) in [7, 11) is 0. The minimum atomic E-state index is -0.176. The molecule has 0 bridgehead atoms. The van der Waals surface area contributed by atoms with E-state index in [1.807, 2.05) is 43.5 Å². The molecule has 4 heteroatoms. The molecule has 0 aliphatic rings. The van der Waals surface area contributed by atoms with Gasteiger partial charge in [-0.15, -0.1) is 11.3 Å². The van der Waals surface area contributed by atoms with Crippen LogP contribution >= 0.6 is 11.3 Å². The van der Waals surface area contributed by atoms with Gasteiger partial charge in [0.2, 0.25) is 0 Å². The van der Waals surface area contributed by atoms with Gasteiger partial charge in [-0.3, -0.25) is 4.79 Å². The van der Waals surface area contributed by atoms with E-state index in [2.05, 4.69) is 17.2 Å². The van der Waals surface area contributed by atoms with Gasteiger partial charge in [0, 0.05) is 11.3 Å². The molecule has 0 atom stereocenters. The number of aliphatic hydroxyl groups is 1. The van der Waals surface area contributed by atoms with E-state index in [1.54, 1.807) is 0 Å². The number of aliphatic hydroxyl groups excluding tert-OH is 1. The van der Waals surface area contributed by atoms with E-state index in [-0.39, 0.29) is 12.5 Å². The highest BCUT2D eigenvalue weighted by atomic mass is 32.1. The topological polar surface area (TPSA) is 49.3 Å². The number of nitrogens with one attached hydrogen (secondary N) is 1. The van der Waals surface area contributed by atoms with Gasteiger partial charge in [-0.1, -0.05) is 18.8 Å². The summed E-state index contributed by atoms with van der Waals surface area (Å²) in [5.74, 6) is 5.38. The maximum absolute atomic E-state index is 12.3. The van der Waals surface area contributed by atoms with E-state index >= 15 is 0 Å². The average Bonchev–Trinajstić information content (AvgIpc) is 2.93. The maximum Gasteiger partial charge on any atom is 0.266 e. The van der Waals surface area contributed by atoms with E-state index in [0.717, 1.165) is 33.7 Å². The van der Waals surface area contributed by atoms with Crippen LogP contribution in [0.25, 0.3) is 0 Å². The van der Waals surface area contributed by atoms with Crippen molar-refractivity contribution in [3.8, 4) is 11.8 Å². The van der Waals surface area contributed by atoms with Crippen molar-refractivity contribution in [1.29, 1.82) is 0 Å². The molecular weight excluding hydrogens is 282 g/mol. The molecule has 3 nitrogen and oxygen atoms in total. The Labute approximate surface area is 128 Å². The van der Waals surface area contributed by atoms with Crippen molar-refractivity contribution in [3.05, 3.63) is 51.2 Å². The van der Waals surface area contributed by atoms with E-state index in [1.165, 1.54) is 11.3 Å². The molecule has 1 aromatic carbocycles. The highest BCUT2D eigenvalue weighted by molar-refractivity contribution is 7.12. The van der Waals surface area contributed by atoms with Gasteiger partial charge in [0.05, 0.1) is 4.88 Å². The van der Waals surface area contributed by atoms with Gasteiger partial charge in [-0.2, -0.15) is 0 Å². The number of aryl methyl sites for hydroxylation is 2. The van der Waals surface area contributed by atoms with Crippen LogP contribution in [-0.2, 0) is 6.42 Å². The van der Waals surface area contributed by atoms with Crippen molar-refractivity contribution in [3.63, 3.8) is 0 Å². The Bertz CT molecular complexity index is 707. The lowest BCUT2D eigenvalue weighted by Gasteiger charge is -2.07. The Morgan fingerprint density at radius 1 is 1.38 bits per heavy atom. The lowest BCUT2D eigenvalue weighted by Crippen LogP contribution is -2.12. The van der Waals surface area contributed by atoms with Crippen molar-refractivity contribution in [1.82, 2.24) is 0 Å². The second kappa shape index (κ2) is 7.07. The molecule has 1 amide bonds. The molecule has 1 heterocycles. The highest BCUT2D eigenvalue weighted by Gasteiger charge is 2.12. The number of carbonyl (C=O) groups excluding carboxylic acids is 1. The van der Waals surface area contributed by atoms with Crippen LogP contribution in [0.2, 0.25) is 0 Å². The zero-order valence-corrected chi connectivity index (χ0v) is 12.9. The Kier molecular flexibility index (Phi) is 5.15. The standard InChI is InChI=1S/C17H17NO2S/c1-3-14-6-8-21-16(14)17(20)18-15-10-12(2)9-13(11-15)5-4-7-19/h6,8-11,19H,3,7H2,1-2H3,(H,18,20). The van der Waals surface area contributed by atoms with Crippen LogP contribution in [0.4, 0.5) is 5.69 Å². The smallest absolute Gasteiger partial charge is 0.266 e. The van der Waals surface area contributed by atoms with Gasteiger partial charge in [-0.25, -0.2) is 0 Å². The first-order valence-electron chi connectivity index (χ1n) is 6.73. The fourth-order valence-electron chi connectivity index (χ4n) is 2.07. The number of rotatable bonds is 3. The van der Waals surface area contributed by atoms with Crippen LogP contribution in [0.15, 0.2) is 29.6 Å². The Morgan fingerprint density at radius 2 is 2.19 bits per heavy atom. The molecular formula is C17H17NO2S. The minimum Gasteiger partial charge on any atom is -0.384 e. The fraction of sp³-hybridized carbons (Fsp3) is 0.235. The summed E-state index contributed by atoms with van der Waals surface area (Å²) < 4.78 is 0. The normalized spacial score (nSPS) is 9.86. The van der Waals surface area contributed by atoms with E-state index < -0.39 is 0 Å². The summed E-state index contributed by atoms with van der Waals surface area (Å²) in [6.45, 7) is 3.81. The van der Waals surface area contributed by atoms with E-state index in [4.69, 9.17) is 5.11 Å². The summed E-state index contributed by atoms with van der Waals surface area (Å²) in [4.78, 5) is 13.1. The minimum absolute atomic E-state index is 0.0893. The van der Waals surface area contributed by atoms with Gasteiger partial charge in [0.25, 0.3) is 5.91 Å². The third-order valence-corrected chi connectivity index (χ3v) is 3.94. The third-order valence-electron chi connectivity index (χ3n) is 2.98. The number of hydrogen-bond donors (Lipinski definition) is 2. The van der Waals surface area contributed by atoms with E-state index in [0.29, 0.717) is 0 Å². The summed E-state index contributed by atoms with van der Waals surface area (Å²) in [5.41, 5.74) is 3.57. The number of carbonyl (C=O) groups is 1. The second-order valence-electron chi connectivity index (χ2n) is 4.63. The molecule has 0 saturated carbocycles.